The van der Waals surface area contributed by atoms with Crippen LogP contribution in [0.2, 0.25) is 0 Å². The number of ether oxygens (including phenoxy) is 1. The SMILES string of the molecule is CC(C)(CNC(=O)OCC1c2ccccc2-c2ccccc21)CC(=O)N1CC(C(=O)O)C(C)(C)C1. The molecule has 2 N–H and O–H groups in total. The van der Waals surface area contributed by atoms with Crippen molar-refractivity contribution in [1.29, 1.82) is 0 Å². The Kier molecular flexibility index (Phi) is 6.62. The first kappa shape index (κ1) is 24.8. The molecule has 1 aliphatic heterocycles. The first-order valence-corrected chi connectivity index (χ1v) is 12.1. The molecular formula is C28H34N2O5. The average Bonchev–Trinajstić information content (AvgIpc) is 3.30. The molecule has 7 heteroatoms. The van der Waals surface area contributed by atoms with Gasteiger partial charge in [-0.15, -0.1) is 0 Å². The number of alkyl carbamates (subject to hydrolysis) is 1. The molecule has 1 fully saturated rings. The fourth-order valence-corrected chi connectivity index (χ4v) is 5.28. The summed E-state index contributed by atoms with van der Waals surface area (Å²) < 4.78 is 5.60. The van der Waals surface area contributed by atoms with Crippen molar-refractivity contribution in [2.45, 2.75) is 40.0 Å². The van der Waals surface area contributed by atoms with Crippen LogP contribution >= 0.6 is 0 Å². The molecule has 0 radical (unpaired) electrons. The molecule has 1 aliphatic carbocycles. The molecule has 7 nitrogen and oxygen atoms in total. The molecule has 4 rings (SSSR count). The van der Waals surface area contributed by atoms with Crippen molar-refractivity contribution in [1.82, 2.24) is 10.2 Å². The van der Waals surface area contributed by atoms with E-state index in [1.54, 1.807) is 4.90 Å². The lowest BCUT2D eigenvalue weighted by Gasteiger charge is -2.27. The zero-order valence-electron chi connectivity index (χ0n) is 20.8. The van der Waals surface area contributed by atoms with Crippen LogP contribution in [-0.2, 0) is 14.3 Å². The van der Waals surface area contributed by atoms with Gasteiger partial charge in [0.05, 0.1) is 5.92 Å². The van der Waals surface area contributed by atoms with Gasteiger partial charge in [0.1, 0.15) is 6.61 Å². The molecule has 0 saturated carbocycles. The van der Waals surface area contributed by atoms with Gasteiger partial charge in [-0.3, -0.25) is 9.59 Å². The van der Waals surface area contributed by atoms with Crippen molar-refractivity contribution < 1.29 is 24.2 Å². The van der Waals surface area contributed by atoms with E-state index in [0.717, 1.165) is 11.1 Å². The van der Waals surface area contributed by atoms with Crippen LogP contribution in [0, 0.1) is 16.7 Å². The number of hydrogen-bond acceptors (Lipinski definition) is 4. The van der Waals surface area contributed by atoms with E-state index in [4.69, 9.17) is 4.74 Å². The first-order chi connectivity index (χ1) is 16.5. The molecule has 1 unspecified atom stereocenters. The van der Waals surface area contributed by atoms with Crippen LogP contribution < -0.4 is 5.32 Å². The topological polar surface area (TPSA) is 95.9 Å². The van der Waals surface area contributed by atoms with E-state index in [1.807, 2.05) is 52.0 Å². The molecule has 1 atom stereocenters. The Hall–Kier alpha value is -3.35. The Morgan fingerprint density at radius 3 is 2.17 bits per heavy atom. The number of nitrogens with one attached hydrogen (secondary N) is 1. The number of likely N-dealkylation sites (tertiary alicyclic amines) is 1. The molecule has 2 amide bonds. The number of carboxylic acids is 1. The van der Waals surface area contributed by atoms with Gasteiger partial charge in [0.2, 0.25) is 5.91 Å². The summed E-state index contributed by atoms with van der Waals surface area (Å²) >= 11 is 0. The smallest absolute Gasteiger partial charge is 0.407 e. The predicted octanol–water partition coefficient (Wildman–Crippen LogP) is 4.51. The highest BCUT2D eigenvalue weighted by Gasteiger charge is 2.45. The number of carboxylic acid groups (broad SMARTS) is 1. The van der Waals surface area contributed by atoms with Gasteiger partial charge >= 0.3 is 12.1 Å². The van der Waals surface area contributed by atoms with Crippen LogP contribution in [0.5, 0.6) is 0 Å². The summed E-state index contributed by atoms with van der Waals surface area (Å²) in [6, 6.07) is 16.4. The highest BCUT2D eigenvalue weighted by molar-refractivity contribution is 5.80. The number of fused-ring (bicyclic) bond motifs is 3. The standard InChI is InChI=1S/C28H34N2O5/c1-27(2,13-24(31)30-14-23(25(32)33)28(3,4)17-30)16-29-26(34)35-15-22-20-11-7-5-9-18(20)19-10-6-8-12-21(19)22/h5-12,22-23H,13-17H2,1-4H3,(H,29,34)(H,32,33). The Morgan fingerprint density at radius 1 is 1.06 bits per heavy atom. The molecule has 186 valence electrons. The lowest BCUT2D eigenvalue weighted by molar-refractivity contribution is -0.144. The zero-order valence-corrected chi connectivity index (χ0v) is 20.8. The molecule has 1 saturated heterocycles. The molecular weight excluding hydrogens is 444 g/mol. The summed E-state index contributed by atoms with van der Waals surface area (Å²) in [6.07, 6.45) is -0.306. The maximum Gasteiger partial charge on any atom is 0.407 e. The van der Waals surface area contributed by atoms with E-state index in [9.17, 15) is 19.5 Å². The largest absolute Gasteiger partial charge is 0.481 e. The Labute approximate surface area is 206 Å². The van der Waals surface area contributed by atoms with Crippen LogP contribution in [-0.4, -0.2) is 54.2 Å². The van der Waals surface area contributed by atoms with Crippen molar-refractivity contribution in [2.75, 3.05) is 26.2 Å². The van der Waals surface area contributed by atoms with Crippen molar-refractivity contribution in [3.8, 4) is 11.1 Å². The highest BCUT2D eigenvalue weighted by atomic mass is 16.5. The second-order valence-electron chi connectivity index (χ2n) is 11.2. The van der Waals surface area contributed by atoms with Crippen molar-refractivity contribution in [3.63, 3.8) is 0 Å². The second-order valence-corrected chi connectivity index (χ2v) is 11.2. The fraction of sp³-hybridized carbons (Fsp3) is 0.464. The molecule has 35 heavy (non-hydrogen) atoms. The number of carbonyl (C=O) groups is 3. The van der Waals surface area contributed by atoms with E-state index < -0.39 is 28.8 Å². The summed E-state index contributed by atoms with van der Waals surface area (Å²) in [5, 5.41) is 12.3. The number of benzene rings is 2. The predicted molar refractivity (Wildman–Crippen MR) is 133 cm³/mol. The number of hydrogen-bond donors (Lipinski definition) is 2. The minimum atomic E-state index is -0.874. The Bertz CT molecular complexity index is 1090. The molecule has 0 spiro atoms. The highest BCUT2D eigenvalue weighted by Crippen LogP contribution is 2.44. The number of amides is 2. The third kappa shape index (κ3) is 5.19. The van der Waals surface area contributed by atoms with E-state index in [-0.39, 0.29) is 37.9 Å². The van der Waals surface area contributed by atoms with Crippen LogP contribution in [0.1, 0.15) is 51.2 Å². The summed E-state index contributed by atoms with van der Waals surface area (Å²) in [5.41, 5.74) is 3.68. The molecule has 2 aromatic carbocycles. The summed E-state index contributed by atoms with van der Waals surface area (Å²) in [5.74, 6) is -1.56. The summed E-state index contributed by atoms with van der Waals surface area (Å²) in [6.45, 7) is 8.71. The molecule has 2 aliphatic rings. The Morgan fingerprint density at radius 2 is 1.63 bits per heavy atom. The van der Waals surface area contributed by atoms with Crippen molar-refractivity contribution >= 4 is 18.0 Å². The molecule has 2 aromatic rings. The van der Waals surface area contributed by atoms with Gasteiger partial charge in [0.15, 0.2) is 0 Å². The third-order valence-corrected chi connectivity index (χ3v) is 7.28. The number of nitrogens with zero attached hydrogens (tertiary/aromatic N) is 1. The second kappa shape index (κ2) is 9.36. The fourth-order valence-electron chi connectivity index (χ4n) is 5.28. The Balaban J connectivity index is 1.30. The van der Waals surface area contributed by atoms with Gasteiger partial charge in [0, 0.05) is 32.0 Å². The maximum absolute atomic E-state index is 12.9. The van der Waals surface area contributed by atoms with Gasteiger partial charge in [-0.2, -0.15) is 0 Å². The van der Waals surface area contributed by atoms with Crippen molar-refractivity contribution in [3.05, 3.63) is 59.7 Å². The zero-order chi connectivity index (χ0) is 25.4. The summed E-state index contributed by atoms with van der Waals surface area (Å²) in [4.78, 5) is 38.6. The third-order valence-electron chi connectivity index (χ3n) is 7.28. The van der Waals surface area contributed by atoms with Gasteiger partial charge in [-0.25, -0.2) is 4.79 Å². The lowest BCUT2D eigenvalue weighted by atomic mass is 9.82. The maximum atomic E-state index is 12.9. The van der Waals surface area contributed by atoms with Crippen LogP contribution in [0.4, 0.5) is 4.79 Å². The lowest BCUT2D eigenvalue weighted by Crippen LogP contribution is -2.39. The number of rotatable bonds is 7. The summed E-state index contributed by atoms with van der Waals surface area (Å²) in [7, 11) is 0. The van der Waals surface area contributed by atoms with E-state index in [1.165, 1.54) is 11.1 Å². The van der Waals surface area contributed by atoms with Crippen LogP contribution in [0.15, 0.2) is 48.5 Å². The van der Waals surface area contributed by atoms with Crippen molar-refractivity contribution in [2.24, 2.45) is 16.7 Å². The quantitative estimate of drug-likeness (QED) is 0.610. The van der Waals surface area contributed by atoms with Gasteiger partial charge < -0.3 is 20.1 Å². The van der Waals surface area contributed by atoms with Crippen LogP contribution in [0.25, 0.3) is 11.1 Å². The van der Waals surface area contributed by atoms with E-state index in [2.05, 4.69) is 29.6 Å². The minimum absolute atomic E-state index is 0.0107. The number of carbonyl (C=O) groups excluding carboxylic acids is 2. The van der Waals surface area contributed by atoms with E-state index in [0.29, 0.717) is 6.54 Å². The molecule has 1 heterocycles. The van der Waals surface area contributed by atoms with Crippen LogP contribution in [0.3, 0.4) is 0 Å². The van der Waals surface area contributed by atoms with Gasteiger partial charge in [0.25, 0.3) is 0 Å². The van der Waals surface area contributed by atoms with Gasteiger partial charge in [-0.1, -0.05) is 76.2 Å². The molecule has 0 aromatic heterocycles. The van der Waals surface area contributed by atoms with Gasteiger partial charge in [-0.05, 0) is 33.1 Å². The van der Waals surface area contributed by atoms with E-state index >= 15 is 0 Å². The monoisotopic (exact) mass is 478 g/mol. The average molecular weight is 479 g/mol. The minimum Gasteiger partial charge on any atom is -0.481 e. The first-order valence-electron chi connectivity index (χ1n) is 12.1. The normalized spacial score (nSPS) is 18.6. The number of aliphatic carboxylic acids is 1. The molecule has 0 bridgehead atoms.